The van der Waals surface area contributed by atoms with Crippen LogP contribution >= 0.6 is 0 Å². The molecule has 1 N–H and O–H groups in total. The summed E-state index contributed by atoms with van der Waals surface area (Å²) in [6, 6.07) is 6.16. The van der Waals surface area contributed by atoms with Gasteiger partial charge in [-0.25, -0.2) is 13.2 Å². The predicted molar refractivity (Wildman–Crippen MR) is 85.5 cm³/mol. The van der Waals surface area contributed by atoms with Crippen LogP contribution in [0.1, 0.15) is 12.8 Å². The summed E-state index contributed by atoms with van der Waals surface area (Å²) in [6.45, 7) is 1.59. The van der Waals surface area contributed by atoms with E-state index in [-0.39, 0.29) is 10.9 Å². The molecule has 118 valence electrons. The number of carbonyl (C=O) groups excluding carboxylic acids is 1. The molecule has 1 aromatic carbocycles. The van der Waals surface area contributed by atoms with Crippen LogP contribution in [-0.4, -0.2) is 38.7 Å². The molecule has 0 aromatic heterocycles. The summed E-state index contributed by atoms with van der Waals surface area (Å²) >= 11 is 0. The van der Waals surface area contributed by atoms with Gasteiger partial charge in [-0.05, 0) is 48.9 Å². The van der Waals surface area contributed by atoms with Gasteiger partial charge in [0.15, 0.2) is 9.84 Å². The molecule has 1 aromatic rings. The molecule has 2 atom stereocenters. The van der Waals surface area contributed by atoms with Gasteiger partial charge in [0, 0.05) is 25.0 Å². The van der Waals surface area contributed by atoms with E-state index in [1.54, 1.807) is 12.1 Å². The van der Waals surface area contributed by atoms with Gasteiger partial charge in [-0.2, -0.15) is 0 Å². The second-order valence-electron chi connectivity index (χ2n) is 6.09. The zero-order valence-corrected chi connectivity index (χ0v) is 13.3. The number of sulfone groups is 1. The van der Waals surface area contributed by atoms with E-state index in [0.29, 0.717) is 17.5 Å². The fourth-order valence-corrected chi connectivity index (χ4v) is 3.80. The number of carbonyl (C=O) groups is 1. The van der Waals surface area contributed by atoms with Crippen LogP contribution in [0, 0.1) is 11.8 Å². The molecule has 3 rings (SSSR count). The van der Waals surface area contributed by atoms with Crippen LogP contribution in [0.25, 0.3) is 0 Å². The molecule has 0 bridgehead atoms. The summed E-state index contributed by atoms with van der Waals surface area (Å²) in [5.41, 5.74) is 0.616. The minimum absolute atomic E-state index is 0.110. The number of anilines is 1. The number of allylic oxidation sites excluding steroid dienone is 2. The highest BCUT2D eigenvalue weighted by Gasteiger charge is 2.35. The van der Waals surface area contributed by atoms with E-state index in [0.717, 1.165) is 25.9 Å². The van der Waals surface area contributed by atoms with Crippen molar-refractivity contribution in [2.24, 2.45) is 11.8 Å². The van der Waals surface area contributed by atoms with Gasteiger partial charge in [0.05, 0.1) is 4.90 Å². The van der Waals surface area contributed by atoms with Crippen molar-refractivity contribution < 1.29 is 13.2 Å². The zero-order chi connectivity index (χ0) is 15.7. The Labute approximate surface area is 130 Å². The van der Waals surface area contributed by atoms with E-state index >= 15 is 0 Å². The molecule has 1 aliphatic heterocycles. The lowest BCUT2D eigenvalue weighted by atomic mass is 9.86. The molecule has 0 spiro atoms. The zero-order valence-electron chi connectivity index (χ0n) is 12.5. The van der Waals surface area contributed by atoms with Gasteiger partial charge in [-0.15, -0.1) is 0 Å². The maximum absolute atomic E-state index is 12.3. The van der Waals surface area contributed by atoms with Gasteiger partial charge in [0.1, 0.15) is 0 Å². The van der Waals surface area contributed by atoms with E-state index < -0.39 is 9.84 Å². The summed E-state index contributed by atoms with van der Waals surface area (Å²) < 4.78 is 22.8. The Balaban J connectivity index is 1.63. The van der Waals surface area contributed by atoms with E-state index in [1.165, 1.54) is 18.4 Å². The molecule has 1 aliphatic carbocycles. The number of amides is 2. The van der Waals surface area contributed by atoms with Crippen molar-refractivity contribution in [2.45, 2.75) is 17.7 Å². The molecule has 1 fully saturated rings. The van der Waals surface area contributed by atoms with Gasteiger partial charge >= 0.3 is 6.03 Å². The Kier molecular flexibility index (Phi) is 3.95. The van der Waals surface area contributed by atoms with Gasteiger partial charge in [0.2, 0.25) is 0 Å². The van der Waals surface area contributed by atoms with Crippen molar-refractivity contribution in [3.8, 4) is 0 Å². The maximum Gasteiger partial charge on any atom is 0.321 e. The first kappa shape index (κ1) is 15.1. The largest absolute Gasteiger partial charge is 0.324 e. The van der Waals surface area contributed by atoms with Gasteiger partial charge in [-0.3, -0.25) is 0 Å². The van der Waals surface area contributed by atoms with Crippen LogP contribution in [0.4, 0.5) is 10.5 Å². The molecule has 5 nitrogen and oxygen atoms in total. The standard InChI is InChI=1S/C16H20N2O3S/c1-22(20,21)15-8-6-14(7-9-15)17-16(19)18-10-12-4-2-3-5-13(12)11-18/h2-3,6-9,12-13H,4-5,10-11H2,1H3,(H,17,19)/t12-,13+. The molecule has 22 heavy (non-hydrogen) atoms. The van der Waals surface area contributed by atoms with Gasteiger partial charge < -0.3 is 10.2 Å². The minimum Gasteiger partial charge on any atom is -0.324 e. The van der Waals surface area contributed by atoms with Crippen molar-refractivity contribution >= 4 is 21.6 Å². The van der Waals surface area contributed by atoms with E-state index in [1.807, 2.05) is 4.90 Å². The average Bonchev–Trinajstić information content (AvgIpc) is 2.91. The predicted octanol–water partition coefficient (Wildman–Crippen LogP) is 2.52. The summed E-state index contributed by atoms with van der Waals surface area (Å²) in [5, 5.41) is 2.84. The van der Waals surface area contributed by atoms with Crippen molar-refractivity contribution in [3.05, 3.63) is 36.4 Å². The van der Waals surface area contributed by atoms with Gasteiger partial charge in [0.25, 0.3) is 0 Å². The normalized spacial score (nSPS) is 24.1. The Morgan fingerprint density at radius 1 is 1.09 bits per heavy atom. The number of fused-ring (bicyclic) bond motifs is 1. The highest BCUT2D eigenvalue weighted by molar-refractivity contribution is 7.90. The molecular weight excluding hydrogens is 300 g/mol. The fourth-order valence-electron chi connectivity index (χ4n) is 3.17. The lowest BCUT2D eigenvalue weighted by Gasteiger charge is -2.17. The van der Waals surface area contributed by atoms with E-state index in [2.05, 4.69) is 17.5 Å². The summed E-state index contributed by atoms with van der Waals surface area (Å²) in [4.78, 5) is 14.4. The smallest absolute Gasteiger partial charge is 0.321 e. The molecule has 0 saturated carbocycles. The number of hydrogen-bond donors (Lipinski definition) is 1. The van der Waals surface area contributed by atoms with Crippen molar-refractivity contribution in [3.63, 3.8) is 0 Å². The van der Waals surface area contributed by atoms with Crippen LogP contribution in [0.15, 0.2) is 41.3 Å². The Morgan fingerprint density at radius 2 is 1.64 bits per heavy atom. The summed E-state index contributed by atoms with van der Waals surface area (Å²) in [6.07, 6.45) is 7.68. The molecule has 1 heterocycles. The Bertz CT molecular complexity index is 679. The minimum atomic E-state index is -3.21. The van der Waals surface area contributed by atoms with Crippen molar-refractivity contribution in [2.75, 3.05) is 24.7 Å². The number of benzene rings is 1. The van der Waals surface area contributed by atoms with Crippen LogP contribution in [0.3, 0.4) is 0 Å². The first-order valence-electron chi connectivity index (χ1n) is 7.44. The molecule has 2 amide bonds. The van der Waals surface area contributed by atoms with Crippen LogP contribution in [-0.2, 0) is 9.84 Å². The maximum atomic E-state index is 12.3. The first-order valence-corrected chi connectivity index (χ1v) is 9.33. The quantitative estimate of drug-likeness (QED) is 0.852. The van der Waals surface area contributed by atoms with Crippen LogP contribution in [0.2, 0.25) is 0 Å². The fraction of sp³-hybridized carbons (Fsp3) is 0.438. The molecule has 2 aliphatic rings. The molecule has 6 heteroatoms. The Hall–Kier alpha value is -1.82. The van der Waals surface area contributed by atoms with E-state index in [4.69, 9.17) is 0 Å². The van der Waals surface area contributed by atoms with Crippen LogP contribution < -0.4 is 5.32 Å². The average molecular weight is 320 g/mol. The number of likely N-dealkylation sites (tertiary alicyclic amines) is 1. The third kappa shape index (κ3) is 3.16. The Morgan fingerprint density at radius 3 is 2.14 bits per heavy atom. The number of hydrogen-bond acceptors (Lipinski definition) is 3. The first-order chi connectivity index (χ1) is 10.4. The lowest BCUT2D eigenvalue weighted by molar-refractivity contribution is 0.220. The topological polar surface area (TPSA) is 66.5 Å². The number of rotatable bonds is 2. The monoisotopic (exact) mass is 320 g/mol. The SMILES string of the molecule is CS(=O)(=O)c1ccc(NC(=O)N2C[C@H]3CC=CC[C@H]3C2)cc1. The second-order valence-corrected chi connectivity index (χ2v) is 8.11. The third-order valence-corrected chi connectivity index (χ3v) is 5.57. The molecular formula is C16H20N2O3S. The van der Waals surface area contributed by atoms with E-state index in [9.17, 15) is 13.2 Å². The van der Waals surface area contributed by atoms with Crippen molar-refractivity contribution in [1.29, 1.82) is 0 Å². The number of nitrogens with zero attached hydrogens (tertiary/aromatic N) is 1. The highest BCUT2D eigenvalue weighted by Crippen LogP contribution is 2.33. The second kappa shape index (κ2) is 5.76. The summed E-state index contributed by atoms with van der Waals surface area (Å²) in [5.74, 6) is 1.15. The highest BCUT2D eigenvalue weighted by atomic mass is 32.2. The van der Waals surface area contributed by atoms with Crippen molar-refractivity contribution in [1.82, 2.24) is 4.90 Å². The third-order valence-electron chi connectivity index (χ3n) is 4.44. The lowest BCUT2D eigenvalue weighted by Crippen LogP contribution is -2.33. The number of urea groups is 1. The van der Waals surface area contributed by atoms with Crippen LogP contribution in [0.5, 0.6) is 0 Å². The molecule has 1 saturated heterocycles. The molecule has 0 unspecified atom stereocenters. The molecule has 0 radical (unpaired) electrons. The van der Waals surface area contributed by atoms with Gasteiger partial charge in [-0.1, -0.05) is 12.2 Å². The number of nitrogens with one attached hydrogen (secondary N) is 1. The summed E-state index contributed by atoms with van der Waals surface area (Å²) in [7, 11) is -3.21.